The molecule has 100 valence electrons. The quantitative estimate of drug-likeness (QED) is 0.800. The molecule has 1 aliphatic heterocycles. The molecular formula is C14H28N2O. The lowest BCUT2D eigenvalue weighted by Gasteiger charge is -2.23. The van der Waals surface area contributed by atoms with Crippen molar-refractivity contribution in [2.24, 2.45) is 5.41 Å². The normalized spacial score (nSPS) is 22.4. The topological polar surface area (TPSA) is 32.3 Å². The summed E-state index contributed by atoms with van der Waals surface area (Å²) in [6.07, 6.45) is 5.15. The third-order valence-electron chi connectivity index (χ3n) is 3.98. The van der Waals surface area contributed by atoms with Gasteiger partial charge < -0.3 is 10.2 Å². The molecule has 1 amide bonds. The summed E-state index contributed by atoms with van der Waals surface area (Å²) in [6.45, 7) is 8.60. The Morgan fingerprint density at radius 1 is 1.41 bits per heavy atom. The van der Waals surface area contributed by atoms with E-state index < -0.39 is 0 Å². The first-order valence-electron chi connectivity index (χ1n) is 6.90. The van der Waals surface area contributed by atoms with Crippen LogP contribution in [0, 0.1) is 5.41 Å². The number of hydrogen-bond donors (Lipinski definition) is 1. The van der Waals surface area contributed by atoms with Crippen LogP contribution in [0.4, 0.5) is 0 Å². The summed E-state index contributed by atoms with van der Waals surface area (Å²) < 4.78 is 0. The minimum atomic E-state index is 0.336. The zero-order chi connectivity index (χ0) is 12.9. The van der Waals surface area contributed by atoms with E-state index in [9.17, 15) is 4.79 Å². The van der Waals surface area contributed by atoms with Gasteiger partial charge in [-0.3, -0.25) is 4.79 Å². The van der Waals surface area contributed by atoms with Gasteiger partial charge in [0.25, 0.3) is 0 Å². The summed E-state index contributed by atoms with van der Waals surface area (Å²) in [5.41, 5.74) is 0.336. The van der Waals surface area contributed by atoms with E-state index in [1.54, 1.807) is 0 Å². The molecule has 17 heavy (non-hydrogen) atoms. The Bertz CT molecular complexity index is 251. The Morgan fingerprint density at radius 3 is 2.76 bits per heavy atom. The summed E-state index contributed by atoms with van der Waals surface area (Å²) in [5.74, 6) is 0.354. The van der Waals surface area contributed by atoms with Gasteiger partial charge in [0, 0.05) is 25.6 Å². The predicted molar refractivity (Wildman–Crippen MR) is 72.0 cm³/mol. The standard InChI is InChI=1S/C14H28N2O/c1-12(15-4)6-5-10-16-11-9-14(2,3)8-7-13(16)17/h12,15H,5-11H2,1-4H3. The Hall–Kier alpha value is -0.570. The monoisotopic (exact) mass is 240 g/mol. The first kappa shape index (κ1) is 14.5. The van der Waals surface area contributed by atoms with Crippen LogP contribution in [0.15, 0.2) is 0 Å². The highest BCUT2D eigenvalue weighted by Gasteiger charge is 2.26. The van der Waals surface area contributed by atoms with Gasteiger partial charge in [-0.1, -0.05) is 13.8 Å². The van der Waals surface area contributed by atoms with Crippen molar-refractivity contribution in [3.05, 3.63) is 0 Å². The van der Waals surface area contributed by atoms with E-state index in [1.807, 2.05) is 7.05 Å². The van der Waals surface area contributed by atoms with Gasteiger partial charge in [0.2, 0.25) is 5.91 Å². The van der Waals surface area contributed by atoms with Crippen LogP contribution in [-0.4, -0.2) is 37.0 Å². The molecule has 0 spiro atoms. The molecule has 0 saturated carbocycles. The van der Waals surface area contributed by atoms with Crippen LogP contribution in [0.5, 0.6) is 0 Å². The zero-order valence-electron chi connectivity index (χ0n) is 11.9. The van der Waals surface area contributed by atoms with Crippen molar-refractivity contribution in [3.63, 3.8) is 0 Å². The van der Waals surface area contributed by atoms with Gasteiger partial charge in [-0.2, -0.15) is 0 Å². The Morgan fingerprint density at radius 2 is 2.12 bits per heavy atom. The van der Waals surface area contributed by atoms with Crippen LogP contribution in [0.1, 0.15) is 52.9 Å². The maximum Gasteiger partial charge on any atom is 0.222 e. The molecule has 0 bridgehead atoms. The van der Waals surface area contributed by atoms with Crippen molar-refractivity contribution in [2.45, 2.75) is 58.9 Å². The van der Waals surface area contributed by atoms with Crippen molar-refractivity contribution >= 4 is 5.91 Å². The molecule has 0 aromatic rings. The maximum absolute atomic E-state index is 12.0. The van der Waals surface area contributed by atoms with E-state index >= 15 is 0 Å². The van der Waals surface area contributed by atoms with Crippen LogP contribution in [0.3, 0.4) is 0 Å². The van der Waals surface area contributed by atoms with Crippen molar-refractivity contribution in [2.75, 3.05) is 20.1 Å². The fraction of sp³-hybridized carbons (Fsp3) is 0.929. The van der Waals surface area contributed by atoms with E-state index in [1.165, 1.54) is 0 Å². The lowest BCUT2D eigenvalue weighted by molar-refractivity contribution is -0.130. The minimum Gasteiger partial charge on any atom is -0.343 e. The molecule has 1 unspecified atom stereocenters. The second-order valence-corrected chi connectivity index (χ2v) is 6.13. The summed E-state index contributed by atoms with van der Waals surface area (Å²) in [6, 6.07) is 0.550. The Labute approximate surface area is 106 Å². The van der Waals surface area contributed by atoms with E-state index in [2.05, 4.69) is 31.0 Å². The van der Waals surface area contributed by atoms with Gasteiger partial charge in [0.15, 0.2) is 0 Å². The number of rotatable bonds is 5. The molecule has 0 aliphatic carbocycles. The van der Waals surface area contributed by atoms with E-state index in [4.69, 9.17) is 0 Å². The van der Waals surface area contributed by atoms with Gasteiger partial charge in [0.1, 0.15) is 0 Å². The van der Waals surface area contributed by atoms with E-state index in [0.29, 0.717) is 17.4 Å². The minimum absolute atomic E-state index is 0.336. The molecule has 0 aromatic carbocycles. The highest BCUT2D eigenvalue weighted by molar-refractivity contribution is 5.76. The summed E-state index contributed by atoms with van der Waals surface area (Å²) in [5, 5.41) is 3.24. The average molecular weight is 240 g/mol. The van der Waals surface area contributed by atoms with Crippen LogP contribution in [-0.2, 0) is 4.79 Å². The van der Waals surface area contributed by atoms with Crippen LogP contribution in [0.25, 0.3) is 0 Å². The summed E-state index contributed by atoms with van der Waals surface area (Å²) in [7, 11) is 1.99. The molecule has 0 radical (unpaired) electrons. The van der Waals surface area contributed by atoms with Gasteiger partial charge >= 0.3 is 0 Å². The molecule has 1 rings (SSSR count). The van der Waals surface area contributed by atoms with Gasteiger partial charge in [-0.05, 0) is 45.1 Å². The van der Waals surface area contributed by atoms with Crippen LogP contribution < -0.4 is 5.32 Å². The third-order valence-corrected chi connectivity index (χ3v) is 3.98. The molecule has 3 nitrogen and oxygen atoms in total. The highest BCUT2D eigenvalue weighted by atomic mass is 16.2. The maximum atomic E-state index is 12.0. The van der Waals surface area contributed by atoms with Crippen molar-refractivity contribution in [1.29, 1.82) is 0 Å². The molecular weight excluding hydrogens is 212 g/mol. The van der Waals surface area contributed by atoms with Gasteiger partial charge in [-0.25, -0.2) is 0 Å². The second kappa shape index (κ2) is 6.39. The smallest absolute Gasteiger partial charge is 0.222 e. The number of amides is 1. The lowest BCUT2D eigenvalue weighted by atomic mass is 9.85. The molecule has 1 heterocycles. The molecule has 1 saturated heterocycles. The largest absolute Gasteiger partial charge is 0.343 e. The van der Waals surface area contributed by atoms with Crippen LogP contribution in [0.2, 0.25) is 0 Å². The fourth-order valence-electron chi connectivity index (χ4n) is 2.26. The summed E-state index contributed by atoms with van der Waals surface area (Å²) in [4.78, 5) is 14.0. The molecule has 0 aromatic heterocycles. The third kappa shape index (κ3) is 5.07. The van der Waals surface area contributed by atoms with Crippen molar-refractivity contribution in [1.82, 2.24) is 10.2 Å². The van der Waals surface area contributed by atoms with Crippen molar-refractivity contribution in [3.8, 4) is 0 Å². The second-order valence-electron chi connectivity index (χ2n) is 6.13. The first-order chi connectivity index (χ1) is 7.94. The average Bonchev–Trinajstić information content (AvgIpc) is 2.41. The number of nitrogens with one attached hydrogen (secondary N) is 1. The predicted octanol–water partition coefficient (Wildman–Crippen LogP) is 2.41. The number of likely N-dealkylation sites (tertiary alicyclic amines) is 1. The Kier molecular flexibility index (Phi) is 5.44. The molecule has 1 atom stereocenters. The first-order valence-corrected chi connectivity index (χ1v) is 6.90. The number of carbonyl (C=O) groups excluding carboxylic acids is 1. The highest BCUT2D eigenvalue weighted by Crippen LogP contribution is 2.30. The molecule has 1 fully saturated rings. The van der Waals surface area contributed by atoms with Gasteiger partial charge in [-0.15, -0.1) is 0 Å². The number of hydrogen-bond acceptors (Lipinski definition) is 2. The van der Waals surface area contributed by atoms with Crippen molar-refractivity contribution < 1.29 is 4.79 Å². The zero-order valence-corrected chi connectivity index (χ0v) is 11.9. The van der Waals surface area contributed by atoms with Gasteiger partial charge in [0.05, 0.1) is 0 Å². The van der Waals surface area contributed by atoms with Crippen LogP contribution >= 0.6 is 0 Å². The summed E-state index contributed by atoms with van der Waals surface area (Å²) >= 11 is 0. The van der Waals surface area contributed by atoms with E-state index in [0.717, 1.165) is 45.2 Å². The number of carbonyl (C=O) groups is 1. The molecule has 1 N–H and O–H groups in total. The fourth-order valence-corrected chi connectivity index (χ4v) is 2.26. The van der Waals surface area contributed by atoms with E-state index in [-0.39, 0.29) is 0 Å². The number of nitrogens with zero attached hydrogens (tertiary/aromatic N) is 1. The molecule has 3 heteroatoms. The Balaban J connectivity index is 2.34. The SMILES string of the molecule is CNC(C)CCCN1CCC(C)(C)CCC1=O. The molecule has 1 aliphatic rings. The lowest BCUT2D eigenvalue weighted by Crippen LogP contribution is -2.32.